The molecule has 3 aromatic rings. The van der Waals surface area contributed by atoms with Crippen molar-refractivity contribution >= 4 is 5.97 Å². The minimum Gasteiger partial charge on any atom is -0.469 e. The minimum absolute atomic E-state index is 0.0743. The molecule has 1 saturated carbocycles. The van der Waals surface area contributed by atoms with E-state index in [1.54, 1.807) is 6.07 Å². The number of esters is 1. The van der Waals surface area contributed by atoms with Crippen LogP contribution in [0.5, 0.6) is 0 Å². The molecule has 3 nitrogen and oxygen atoms in total. The van der Waals surface area contributed by atoms with Gasteiger partial charge in [0, 0.05) is 5.41 Å². The predicted octanol–water partition coefficient (Wildman–Crippen LogP) is 8.17. The van der Waals surface area contributed by atoms with E-state index in [1.165, 1.54) is 35.4 Å². The largest absolute Gasteiger partial charge is 0.469 e. The summed E-state index contributed by atoms with van der Waals surface area (Å²) in [6.07, 6.45) is 7.75. The molecule has 0 aromatic heterocycles. The molecule has 0 aliphatic heterocycles. The van der Waals surface area contributed by atoms with Gasteiger partial charge in [-0.2, -0.15) is 0 Å². The van der Waals surface area contributed by atoms with Gasteiger partial charge < -0.3 is 9.84 Å². The Balaban J connectivity index is 1.61. The zero-order valence-electron chi connectivity index (χ0n) is 24.2. The van der Waals surface area contributed by atoms with Gasteiger partial charge in [-0.3, -0.25) is 4.79 Å². The van der Waals surface area contributed by atoms with Crippen LogP contribution >= 0.6 is 0 Å². The van der Waals surface area contributed by atoms with Gasteiger partial charge in [0.1, 0.15) is 5.82 Å². The molecule has 0 unspecified atom stereocenters. The van der Waals surface area contributed by atoms with E-state index in [0.29, 0.717) is 5.56 Å². The first kappa shape index (κ1) is 29.0. The van der Waals surface area contributed by atoms with E-state index in [-0.39, 0.29) is 11.8 Å². The number of aliphatic hydroxyl groups is 1. The highest BCUT2D eigenvalue weighted by Gasteiger charge is 2.33. The Labute approximate surface area is 233 Å². The van der Waals surface area contributed by atoms with Gasteiger partial charge in [-0.15, -0.1) is 0 Å². The fourth-order valence-corrected chi connectivity index (χ4v) is 6.53. The molecule has 0 atom stereocenters. The van der Waals surface area contributed by atoms with E-state index in [4.69, 9.17) is 0 Å². The normalized spacial score (nSPS) is 14.9. The summed E-state index contributed by atoms with van der Waals surface area (Å²) < 4.78 is 19.5. The van der Waals surface area contributed by atoms with Crippen LogP contribution in [0.2, 0.25) is 0 Å². The summed E-state index contributed by atoms with van der Waals surface area (Å²) in [4.78, 5) is 11.6. The first-order chi connectivity index (χ1) is 18.6. The Bertz CT molecular complexity index is 1320. The van der Waals surface area contributed by atoms with Crippen molar-refractivity contribution in [3.05, 3.63) is 93.8 Å². The van der Waals surface area contributed by atoms with Crippen LogP contribution in [-0.2, 0) is 27.8 Å². The van der Waals surface area contributed by atoms with E-state index in [9.17, 15) is 14.3 Å². The van der Waals surface area contributed by atoms with Crippen LogP contribution in [0.25, 0.3) is 11.1 Å². The zero-order valence-corrected chi connectivity index (χ0v) is 24.2. The quantitative estimate of drug-likeness (QED) is 0.269. The van der Waals surface area contributed by atoms with E-state index in [1.807, 2.05) is 6.07 Å². The maximum Gasteiger partial charge on any atom is 0.310 e. The van der Waals surface area contributed by atoms with Crippen molar-refractivity contribution in [3.8, 4) is 11.1 Å². The molecule has 0 saturated heterocycles. The minimum atomic E-state index is -0.481. The summed E-state index contributed by atoms with van der Waals surface area (Å²) in [6, 6.07) is 18.5. The number of halogens is 1. The Hall–Kier alpha value is -2.98. The third kappa shape index (κ3) is 6.11. The van der Waals surface area contributed by atoms with E-state index in [0.717, 1.165) is 68.1 Å². The molecule has 0 heterocycles. The molecule has 0 spiro atoms. The lowest BCUT2D eigenvalue weighted by Crippen LogP contribution is -2.27. The van der Waals surface area contributed by atoms with Crippen LogP contribution in [0, 0.1) is 19.7 Å². The van der Waals surface area contributed by atoms with Crippen molar-refractivity contribution in [2.75, 3.05) is 7.11 Å². The van der Waals surface area contributed by atoms with Crippen molar-refractivity contribution in [2.45, 2.75) is 96.5 Å². The van der Waals surface area contributed by atoms with E-state index < -0.39 is 17.4 Å². The molecule has 1 fully saturated rings. The second-order valence-electron chi connectivity index (χ2n) is 11.5. The van der Waals surface area contributed by atoms with Crippen LogP contribution in [0.3, 0.4) is 0 Å². The lowest BCUT2D eigenvalue weighted by atomic mass is 9.69. The molecular weight excluding hydrogens is 487 g/mol. The maximum absolute atomic E-state index is 14.8. The number of carbonyl (C=O) groups is 1. The summed E-state index contributed by atoms with van der Waals surface area (Å²) in [5.74, 6) is -0.847. The molecule has 0 amide bonds. The first-order valence-electron chi connectivity index (χ1n) is 14.4. The zero-order chi connectivity index (χ0) is 28.2. The van der Waals surface area contributed by atoms with Crippen LogP contribution in [0.15, 0.2) is 54.6 Å². The highest BCUT2D eigenvalue weighted by atomic mass is 19.1. The predicted molar refractivity (Wildman–Crippen MR) is 157 cm³/mol. The average Bonchev–Trinajstić information content (AvgIpc) is 3.37. The number of hydrogen-bond acceptors (Lipinski definition) is 3. The smallest absolute Gasteiger partial charge is 0.310 e. The number of carbonyl (C=O) groups excluding carboxylic acids is 1. The summed E-state index contributed by atoms with van der Waals surface area (Å²) >= 11 is 0. The Morgan fingerprint density at radius 3 is 2.10 bits per heavy atom. The summed E-state index contributed by atoms with van der Waals surface area (Å²) in [5.41, 5.74) is 7.82. The summed E-state index contributed by atoms with van der Waals surface area (Å²) in [5, 5.41) is 10.8. The highest BCUT2D eigenvalue weighted by molar-refractivity contribution is 5.74. The SMILES string of the molecule is CCC(CC)(c1ccc(CCC2(O)CCCC2)c(C)c1)c1ccc(-c2ccc(CC(=O)OC)c(F)c2)c(C)c1. The molecule has 0 radical (unpaired) electrons. The van der Waals surface area contributed by atoms with E-state index in [2.05, 4.69) is 68.8 Å². The third-order valence-corrected chi connectivity index (χ3v) is 9.20. The van der Waals surface area contributed by atoms with Crippen LogP contribution in [0.1, 0.15) is 92.2 Å². The Morgan fingerprint density at radius 1 is 0.923 bits per heavy atom. The van der Waals surface area contributed by atoms with Crippen molar-refractivity contribution in [2.24, 2.45) is 0 Å². The van der Waals surface area contributed by atoms with Gasteiger partial charge in [0.2, 0.25) is 0 Å². The average molecular weight is 531 g/mol. The second-order valence-corrected chi connectivity index (χ2v) is 11.5. The molecule has 1 N–H and O–H groups in total. The standard InChI is InChI=1S/C35H43FO3/c1-6-35(7-2,29-13-12-26(24(3)20-29)16-19-34(38)17-8-9-18-34)30-14-15-31(25(4)21-30)27-10-11-28(32(36)22-27)23-33(37)39-5/h10-15,20-22,38H,6-9,16-19,23H2,1-5H3. The number of aryl methyl sites for hydroxylation is 3. The molecule has 208 valence electrons. The van der Waals surface area contributed by atoms with Crippen LogP contribution < -0.4 is 0 Å². The van der Waals surface area contributed by atoms with Gasteiger partial charge in [-0.25, -0.2) is 4.39 Å². The van der Waals surface area contributed by atoms with Crippen LogP contribution in [0.4, 0.5) is 4.39 Å². The monoisotopic (exact) mass is 530 g/mol. The van der Waals surface area contributed by atoms with Crippen molar-refractivity contribution < 1.29 is 19.0 Å². The summed E-state index contributed by atoms with van der Waals surface area (Å²) in [7, 11) is 1.31. The molecule has 0 bridgehead atoms. The molecule has 1 aliphatic rings. The first-order valence-corrected chi connectivity index (χ1v) is 14.4. The van der Waals surface area contributed by atoms with Gasteiger partial charge in [-0.1, -0.05) is 75.2 Å². The molecule has 4 rings (SSSR count). The number of methoxy groups -OCH3 is 1. The van der Waals surface area contributed by atoms with Crippen molar-refractivity contribution in [3.63, 3.8) is 0 Å². The second kappa shape index (κ2) is 12.0. The topological polar surface area (TPSA) is 46.5 Å². The Kier molecular flexibility index (Phi) is 8.96. The third-order valence-electron chi connectivity index (χ3n) is 9.20. The molecule has 3 aromatic carbocycles. The van der Waals surface area contributed by atoms with Crippen molar-refractivity contribution in [1.82, 2.24) is 0 Å². The Morgan fingerprint density at radius 2 is 1.54 bits per heavy atom. The lowest BCUT2D eigenvalue weighted by molar-refractivity contribution is -0.139. The van der Waals surface area contributed by atoms with Crippen LogP contribution in [-0.4, -0.2) is 23.8 Å². The van der Waals surface area contributed by atoms with Gasteiger partial charge in [0.25, 0.3) is 0 Å². The maximum atomic E-state index is 14.8. The number of rotatable bonds is 10. The lowest BCUT2D eigenvalue weighted by Gasteiger charge is -2.34. The number of benzene rings is 3. The molecular formula is C35H43FO3. The van der Waals surface area contributed by atoms with Gasteiger partial charge in [0.15, 0.2) is 0 Å². The van der Waals surface area contributed by atoms with E-state index >= 15 is 0 Å². The van der Waals surface area contributed by atoms with Gasteiger partial charge >= 0.3 is 5.97 Å². The molecule has 1 aliphatic carbocycles. The van der Waals surface area contributed by atoms with Crippen molar-refractivity contribution in [1.29, 1.82) is 0 Å². The fourth-order valence-electron chi connectivity index (χ4n) is 6.53. The number of hydrogen-bond donors (Lipinski definition) is 1. The van der Waals surface area contributed by atoms with Gasteiger partial charge in [-0.05, 0) is 103 Å². The number of ether oxygens (including phenoxy) is 1. The highest BCUT2D eigenvalue weighted by Crippen LogP contribution is 2.41. The molecule has 4 heteroatoms. The summed E-state index contributed by atoms with van der Waals surface area (Å²) in [6.45, 7) is 8.78. The van der Waals surface area contributed by atoms with Gasteiger partial charge in [0.05, 0.1) is 19.1 Å². The molecule has 39 heavy (non-hydrogen) atoms. The fraction of sp³-hybridized carbons (Fsp3) is 0.457.